The van der Waals surface area contributed by atoms with E-state index in [0.29, 0.717) is 16.7 Å². The first-order chi connectivity index (χ1) is 8.74. The summed E-state index contributed by atoms with van der Waals surface area (Å²) in [4.78, 5) is 12.5. The predicted molar refractivity (Wildman–Crippen MR) is 68.9 cm³/mol. The summed E-state index contributed by atoms with van der Waals surface area (Å²) < 4.78 is 18.3. The van der Waals surface area contributed by atoms with Crippen LogP contribution in [0, 0.1) is 5.82 Å². The van der Waals surface area contributed by atoms with Gasteiger partial charge in [0, 0.05) is 10.5 Å². The third-order valence-electron chi connectivity index (χ3n) is 2.39. The molecule has 0 aliphatic heterocycles. The van der Waals surface area contributed by atoms with Gasteiger partial charge in [-0.15, -0.1) is 0 Å². The largest absolute Gasteiger partial charge is 0.496 e. The van der Waals surface area contributed by atoms with Crippen molar-refractivity contribution in [2.75, 3.05) is 7.11 Å². The Morgan fingerprint density at radius 2 is 1.94 bits per heavy atom. The van der Waals surface area contributed by atoms with E-state index in [1.807, 2.05) is 24.3 Å². The van der Waals surface area contributed by atoms with Crippen molar-refractivity contribution < 1.29 is 13.9 Å². The van der Waals surface area contributed by atoms with E-state index >= 15 is 0 Å². The molecule has 0 N–H and O–H groups in total. The maximum absolute atomic E-state index is 13.0. The maximum atomic E-state index is 13.0. The van der Waals surface area contributed by atoms with Crippen LogP contribution in [-0.2, 0) is 0 Å². The average Bonchev–Trinajstić information content (AvgIpc) is 2.41. The molecule has 2 aromatic rings. The van der Waals surface area contributed by atoms with Crippen LogP contribution in [-0.4, -0.2) is 13.4 Å². The lowest BCUT2D eigenvalue weighted by Gasteiger charge is -2.08. The molecule has 0 fully saturated rings. The molecule has 92 valence electrons. The number of methoxy groups -OCH3 is 1. The molecule has 0 radical (unpaired) electrons. The van der Waals surface area contributed by atoms with Gasteiger partial charge in [0.2, 0.25) is 0 Å². The number of halogens is 1. The van der Waals surface area contributed by atoms with Gasteiger partial charge >= 0.3 is 0 Å². The molecule has 18 heavy (non-hydrogen) atoms. The van der Waals surface area contributed by atoms with E-state index < -0.39 is 5.82 Å². The molecule has 0 unspecified atom stereocenters. The van der Waals surface area contributed by atoms with E-state index in [1.54, 1.807) is 13.2 Å². The molecule has 0 bridgehead atoms. The molecule has 2 aromatic carbocycles. The standard InChI is InChI=1S/C14H11FO2S/c1-17-12-4-2-3-5-14(12)18-13-7-6-11(15)8-10(13)9-16/h2-9H,1H3. The van der Waals surface area contributed by atoms with E-state index in [2.05, 4.69) is 0 Å². The first-order valence-electron chi connectivity index (χ1n) is 5.30. The zero-order valence-corrected chi connectivity index (χ0v) is 10.5. The van der Waals surface area contributed by atoms with Crippen molar-refractivity contribution in [2.24, 2.45) is 0 Å². The Balaban J connectivity index is 2.36. The highest BCUT2D eigenvalue weighted by atomic mass is 32.2. The molecule has 0 aromatic heterocycles. The minimum Gasteiger partial charge on any atom is -0.496 e. The average molecular weight is 262 g/mol. The molecule has 0 spiro atoms. The molecule has 0 aliphatic carbocycles. The number of carbonyl (C=O) groups excluding carboxylic acids is 1. The van der Waals surface area contributed by atoms with Crippen molar-refractivity contribution in [3.8, 4) is 5.75 Å². The summed E-state index contributed by atoms with van der Waals surface area (Å²) in [6, 6.07) is 11.6. The van der Waals surface area contributed by atoms with Crippen LogP contribution in [0.2, 0.25) is 0 Å². The van der Waals surface area contributed by atoms with Gasteiger partial charge in [0.15, 0.2) is 6.29 Å². The minimum atomic E-state index is -0.415. The summed E-state index contributed by atoms with van der Waals surface area (Å²) in [6.07, 6.45) is 0.654. The molecular formula is C14H11FO2S. The van der Waals surface area contributed by atoms with Crippen molar-refractivity contribution in [3.63, 3.8) is 0 Å². The number of rotatable bonds is 4. The van der Waals surface area contributed by atoms with Crippen LogP contribution in [0.1, 0.15) is 10.4 Å². The van der Waals surface area contributed by atoms with E-state index in [-0.39, 0.29) is 0 Å². The smallest absolute Gasteiger partial charge is 0.151 e. The Morgan fingerprint density at radius 3 is 2.67 bits per heavy atom. The van der Waals surface area contributed by atoms with Gasteiger partial charge in [0.25, 0.3) is 0 Å². The second-order valence-corrected chi connectivity index (χ2v) is 4.64. The Bertz CT molecular complexity index is 569. The molecule has 0 amide bonds. The lowest BCUT2D eigenvalue weighted by Crippen LogP contribution is -1.89. The van der Waals surface area contributed by atoms with Crippen LogP contribution < -0.4 is 4.74 Å². The van der Waals surface area contributed by atoms with Gasteiger partial charge in [-0.05, 0) is 30.3 Å². The number of carbonyl (C=O) groups is 1. The van der Waals surface area contributed by atoms with E-state index in [0.717, 1.165) is 10.6 Å². The summed E-state index contributed by atoms with van der Waals surface area (Å²) in [5, 5.41) is 0. The summed E-state index contributed by atoms with van der Waals surface area (Å²) in [5.41, 5.74) is 0.339. The number of hydrogen-bond acceptors (Lipinski definition) is 3. The Morgan fingerprint density at radius 1 is 1.17 bits per heavy atom. The van der Waals surface area contributed by atoms with Crippen LogP contribution in [0.3, 0.4) is 0 Å². The minimum absolute atomic E-state index is 0.339. The maximum Gasteiger partial charge on any atom is 0.151 e. The third-order valence-corrected chi connectivity index (χ3v) is 3.54. The fourth-order valence-electron chi connectivity index (χ4n) is 1.53. The van der Waals surface area contributed by atoms with Crippen molar-refractivity contribution in [3.05, 3.63) is 53.8 Å². The zero-order valence-electron chi connectivity index (χ0n) is 9.72. The lowest BCUT2D eigenvalue weighted by atomic mass is 10.2. The van der Waals surface area contributed by atoms with Gasteiger partial charge in [-0.3, -0.25) is 4.79 Å². The lowest BCUT2D eigenvalue weighted by molar-refractivity contribution is 0.112. The monoisotopic (exact) mass is 262 g/mol. The summed E-state index contributed by atoms with van der Waals surface area (Å²) in [5.74, 6) is 0.310. The summed E-state index contributed by atoms with van der Waals surface area (Å²) >= 11 is 1.38. The van der Waals surface area contributed by atoms with Gasteiger partial charge in [0.05, 0.1) is 12.0 Å². The highest BCUT2D eigenvalue weighted by Gasteiger charge is 2.08. The predicted octanol–water partition coefficient (Wildman–Crippen LogP) is 3.80. The number of benzene rings is 2. The van der Waals surface area contributed by atoms with Gasteiger partial charge in [-0.2, -0.15) is 0 Å². The molecule has 0 saturated carbocycles. The van der Waals surface area contributed by atoms with E-state index in [9.17, 15) is 9.18 Å². The Hall–Kier alpha value is -1.81. The zero-order chi connectivity index (χ0) is 13.0. The van der Waals surface area contributed by atoms with Crippen molar-refractivity contribution in [1.82, 2.24) is 0 Å². The SMILES string of the molecule is COc1ccccc1Sc1ccc(F)cc1C=O. The van der Waals surface area contributed by atoms with Gasteiger partial charge in [0.1, 0.15) is 11.6 Å². The van der Waals surface area contributed by atoms with Crippen LogP contribution in [0.5, 0.6) is 5.75 Å². The molecule has 0 saturated heterocycles. The van der Waals surface area contributed by atoms with Crippen LogP contribution in [0.4, 0.5) is 4.39 Å². The molecule has 0 aliphatic rings. The highest BCUT2D eigenvalue weighted by Crippen LogP contribution is 2.36. The van der Waals surface area contributed by atoms with Crippen molar-refractivity contribution in [2.45, 2.75) is 9.79 Å². The number of aldehydes is 1. The Labute approximate surface area is 109 Å². The van der Waals surface area contributed by atoms with E-state index in [4.69, 9.17) is 4.74 Å². The van der Waals surface area contributed by atoms with Crippen molar-refractivity contribution in [1.29, 1.82) is 0 Å². The fourth-order valence-corrected chi connectivity index (χ4v) is 2.52. The van der Waals surface area contributed by atoms with Crippen LogP contribution >= 0.6 is 11.8 Å². The van der Waals surface area contributed by atoms with Crippen molar-refractivity contribution >= 4 is 18.0 Å². The second kappa shape index (κ2) is 5.69. The van der Waals surface area contributed by atoms with Gasteiger partial charge in [-0.1, -0.05) is 23.9 Å². The summed E-state index contributed by atoms with van der Waals surface area (Å²) in [7, 11) is 1.59. The quantitative estimate of drug-likeness (QED) is 0.784. The normalized spacial score (nSPS) is 10.1. The van der Waals surface area contributed by atoms with Crippen LogP contribution in [0.25, 0.3) is 0 Å². The Kier molecular flexibility index (Phi) is 3.99. The molecule has 2 rings (SSSR count). The molecule has 0 heterocycles. The van der Waals surface area contributed by atoms with Crippen LogP contribution in [0.15, 0.2) is 52.3 Å². The first kappa shape index (κ1) is 12.6. The number of para-hydroxylation sites is 1. The molecule has 4 heteroatoms. The van der Waals surface area contributed by atoms with Gasteiger partial charge < -0.3 is 4.74 Å². The molecule has 2 nitrogen and oxygen atoms in total. The summed E-state index contributed by atoms with van der Waals surface area (Å²) in [6.45, 7) is 0. The first-order valence-corrected chi connectivity index (χ1v) is 6.12. The molecule has 0 atom stereocenters. The second-order valence-electron chi connectivity index (χ2n) is 3.55. The highest BCUT2D eigenvalue weighted by molar-refractivity contribution is 7.99. The third kappa shape index (κ3) is 2.71. The molecular weight excluding hydrogens is 251 g/mol. The number of hydrogen-bond donors (Lipinski definition) is 0. The topological polar surface area (TPSA) is 26.3 Å². The number of ether oxygens (including phenoxy) is 1. The fraction of sp³-hybridized carbons (Fsp3) is 0.0714. The van der Waals surface area contributed by atoms with E-state index in [1.165, 1.54) is 23.9 Å². The van der Waals surface area contributed by atoms with Gasteiger partial charge in [-0.25, -0.2) is 4.39 Å².